The average Bonchev–Trinajstić information content (AvgIpc) is 2.76. The quantitative estimate of drug-likeness (QED) is 0.564. The Bertz CT molecular complexity index is 1030. The minimum absolute atomic E-state index is 0.00844. The summed E-state index contributed by atoms with van der Waals surface area (Å²) >= 11 is 0. The molecule has 0 spiro atoms. The van der Waals surface area contributed by atoms with Crippen molar-refractivity contribution in [1.82, 2.24) is 14.5 Å². The van der Waals surface area contributed by atoms with Crippen molar-refractivity contribution in [1.29, 1.82) is 0 Å². The lowest BCUT2D eigenvalue weighted by atomic mass is 10.2. The number of nitrogens with one attached hydrogen (secondary N) is 1. The fourth-order valence-corrected chi connectivity index (χ4v) is 3.56. The summed E-state index contributed by atoms with van der Waals surface area (Å²) < 4.78 is 31.0. The number of likely N-dealkylation sites (N-methyl/N-ethyl adjacent to an activating group) is 1. The summed E-state index contributed by atoms with van der Waals surface area (Å²) in [6, 6.07) is 13.0. The number of carbonyl (C=O) groups is 2. The molecule has 0 aliphatic rings. The number of hydrogen-bond donors (Lipinski definition) is 1. The SMILES string of the molecule is C=CCOc1ccc(CN(C)C(=O)CNC(=O)c2cccc(S(=O)(=O)N(C)C)c2)cc1. The second kappa shape index (κ2) is 10.7. The van der Waals surface area contributed by atoms with E-state index in [-0.39, 0.29) is 22.9 Å². The van der Waals surface area contributed by atoms with Crippen LogP contribution in [0.2, 0.25) is 0 Å². The maximum atomic E-state index is 12.4. The first-order chi connectivity index (χ1) is 14.6. The van der Waals surface area contributed by atoms with Gasteiger partial charge in [0.2, 0.25) is 15.9 Å². The van der Waals surface area contributed by atoms with Crippen molar-refractivity contribution in [2.75, 3.05) is 34.3 Å². The van der Waals surface area contributed by atoms with Gasteiger partial charge in [0.15, 0.2) is 0 Å². The highest BCUT2D eigenvalue weighted by Gasteiger charge is 2.19. The number of ether oxygens (including phenoxy) is 1. The van der Waals surface area contributed by atoms with E-state index in [9.17, 15) is 18.0 Å². The minimum atomic E-state index is -3.66. The molecular weight excluding hydrogens is 418 g/mol. The second-order valence-electron chi connectivity index (χ2n) is 6.99. The molecule has 0 saturated carbocycles. The van der Waals surface area contributed by atoms with Gasteiger partial charge in [-0.05, 0) is 35.9 Å². The van der Waals surface area contributed by atoms with Gasteiger partial charge < -0.3 is 15.0 Å². The van der Waals surface area contributed by atoms with E-state index in [2.05, 4.69) is 11.9 Å². The summed E-state index contributed by atoms with van der Waals surface area (Å²) in [6.45, 7) is 4.17. The first-order valence-corrected chi connectivity index (χ1v) is 11.0. The lowest BCUT2D eigenvalue weighted by molar-refractivity contribution is -0.129. The molecule has 0 aliphatic carbocycles. The summed E-state index contributed by atoms with van der Waals surface area (Å²) in [5.41, 5.74) is 1.07. The van der Waals surface area contributed by atoms with Crippen LogP contribution in [0.3, 0.4) is 0 Å². The van der Waals surface area contributed by atoms with Crippen molar-refractivity contribution in [3.8, 4) is 5.75 Å². The summed E-state index contributed by atoms with van der Waals surface area (Å²) in [7, 11) is 0.814. The third kappa shape index (κ3) is 6.66. The zero-order valence-electron chi connectivity index (χ0n) is 17.9. The molecule has 8 nitrogen and oxygen atoms in total. The largest absolute Gasteiger partial charge is 0.490 e. The Morgan fingerprint density at radius 3 is 2.39 bits per heavy atom. The van der Waals surface area contributed by atoms with Crippen molar-refractivity contribution in [3.63, 3.8) is 0 Å². The van der Waals surface area contributed by atoms with Gasteiger partial charge in [0.25, 0.3) is 5.91 Å². The summed E-state index contributed by atoms with van der Waals surface area (Å²) in [5.74, 6) is -0.0953. The van der Waals surface area contributed by atoms with Crippen LogP contribution in [0.25, 0.3) is 0 Å². The fourth-order valence-electron chi connectivity index (χ4n) is 2.61. The van der Waals surface area contributed by atoms with Gasteiger partial charge in [-0.25, -0.2) is 12.7 Å². The molecule has 31 heavy (non-hydrogen) atoms. The number of sulfonamides is 1. The highest BCUT2D eigenvalue weighted by Crippen LogP contribution is 2.15. The number of amides is 2. The maximum Gasteiger partial charge on any atom is 0.251 e. The first kappa shape index (κ1) is 24.1. The monoisotopic (exact) mass is 445 g/mol. The Morgan fingerprint density at radius 1 is 1.10 bits per heavy atom. The summed E-state index contributed by atoms with van der Waals surface area (Å²) in [6.07, 6.45) is 1.66. The summed E-state index contributed by atoms with van der Waals surface area (Å²) in [5, 5.41) is 2.54. The van der Waals surface area contributed by atoms with Gasteiger partial charge in [0.1, 0.15) is 12.4 Å². The van der Waals surface area contributed by atoms with Gasteiger partial charge in [-0.3, -0.25) is 9.59 Å². The molecule has 0 fully saturated rings. The Balaban J connectivity index is 1.93. The standard InChI is InChI=1S/C22H27N3O5S/c1-5-13-30-19-11-9-17(10-12-19)16-25(4)21(26)15-23-22(27)18-7-6-8-20(14-18)31(28,29)24(2)3/h5-12,14H,1,13,15-16H2,2-4H3,(H,23,27). The normalized spacial score (nSPS) is 11.1. The average molecular weight is 446 g/mol. The van der Waals surface area contributed by atoms with Crippen LogP contribution in [-0.4, -0.2) is 63.7 Å². The zero-order chi connectivity index (χ0) is 23.0. The van der Waals surface area contributed by atoms with Crippen LogP contribution >= 0.6 is 0 Å². The molecule has 9 heteroatoms. The van der Waals surface area contributed by atoms with Crippen molar-refractivity contribution in [2.45, 2.75) is 11.4 Å². The van der Waals surface area contributed by atoms with Crippen LogP contribution in [0, 0.1) is 0 Å². The Hall–Kier alpha value is -3.17. The van der Waals surface area contributed by atoms with Crippen molar-refractivity contribution >= 4 is 21.8 Å². The predicted octanol–water partition coefficient (Wildman–Crippen LogP) is 1.89. The number of rotatable bonds is 10. The lowest BCUT2D eigenvalue weighted by Crippen LogP contribution is -2.37. The van der Waals surface area contributed by atoms with Crippen molar-refractivity contribution in [2.24, 2.45) is 0 Å². The molecule has 2 aromatic rings. The van der Waals surface area contributed by atoms with E-state index in [1.807, 2.05) is 24.3 Å². The molecule has 1 N–H and O–H groups in total. The van der Waals surface area contributed by atoms with Crippen LogP contribution in [-0.2, 0) is 21.4 Å². The first-order valence-electron chi connectivity index (χ1n) is 9.52. The molecule has 0 aromatic heterocycles. The van der Waals surface area contributed by atoms with E-state index in [1.165, 1.54) is 43.3 Å². The number of benzene rings is 2. The van der Waals surface area contributed by atoms with Crippen LogP contribution < -0.4 is 10.1 Å². The fraction of sp³-hybridized carbons (Fsp3) is 0.273. The van der Waals surface area contributed by atoms with Gasteiger partial charge >= 0.3 is 0 Å². The van der Waals surface area contributed by atoms with E-state index in [0.717, 1.165) is 9.87 Å². The molecule has 2 aromatic carbocycles. The van der Waals surface area contributed by atoms with E-state index >= 15 is 0 Å². The molecule has 0 heterocycles. The van der Waals surface area contributed by atoms with E-state index in [4.69, 9.17) is 4.74 Å². The van der Waals surface area contributed by atoms with Crippen LogP contribution in [0.4, 0.5) is 0 Å². The van der Waals surface area contributed by atoms with Gasteiger partial charge in [0, 0.05) is 33.3 Å². The van der Waals surface area contributed by atoms with Crippen LogP contribution in [0.1, 0.15) is 15.9 Å². The highest BCUT2D eigenvalue weighted by atomic mass is 32.2. The zero-order valence-corrected chi connectivity index (χ0v) is 18.7. The third-order valence-electron chi connectivity index (χ3n) is 4.41. The van der Waals surface area contributed by atoms with Crippen LogP contribution in [0.5, 0.6) is 5.75 Å². The maximum absolute atomic E-state index is 12.4. The molecule has 166 valence electrons. The molecule has 2 rings (SSSR count). The molecule has 0 saturated heterocycles. The van der Waals surface area contributed by atoms with Gasteiger partial charge in [0.05, 0.1) is 11.4 Å². The smallest absolute Gasteiger partial charge is 0.251 e. The topological polar surface area (TPSA) is 96.0 Å². The Kier molecular flexibility index (Phi) is 8.35. The molecule has 0 bridgehead atoms. The molecule has 2 amide bonds. The number of nitrogens with zero attached hydrogens (tertiary/aromatic N) is 2. The van der Waals surface area contributed by atoms with Crippen molar-refractivity contribution in [3.05, 3.63) is 72.3 Å². The Morgan fingerprint density at radius 2 is 1.77 bits per heavy atom. The van der Waals surface area contributed by atoms with E-state index in [0.29, 0.717) is 18.9 Å². The Labute approximate surface area is 183 Å². The minimum Gasteiger partial charge on any atom is -0.490 e. The molecule has 0 radical (unpaired) electrons. The molecule has 0 unspecified atom stereocenters. The van der Waals surface area contributed by atoms with Gasteiger partial charge in [-0.15, -0.1) is 0 Å². The highest BCUT2D eigenvalue weighted by molar-refractivity contribution is 7.89. The molecule has 0 atom stereocenters. The second-order valence-corrected chi connectivity index (χ2v) is 9.14. The van der Waals surface area contributed by atoms with E-state index < -0.39 is 15.9 Å². The molecule has 0 aliphatic heterocycles. The number of carbonyl (C=O) groups excluding carboxylic acids is 2. The van der Waals surface area contributed by atoms with Crippen molar-refractivity contribution < 1.29 is 22.7 Å². The van der Waals surface area contributed by atoms with E-state index in [1.54, 1.807) is 13.1 Å². The molecular formula is C22H27N3O5S. The predicted molar refractivity (Wildman–Crippen MR) is 118 cm³/mol. The van der Waals surface area contributed by atoms with Crippen LogP contribution in [0.15, 0.2) is 66.1 Å². The van der Waals surface area contributed by atoms with Gasteiger partial charge in [-0.1, -0.05) is 30.9 Å². The number of hydrogen-bond acceptors (Lipinski definition) is 5. The summed E-state index contributed by atoms with van der Waals surface area (Å²) in [4.78, 5) is 26.3. The third-order valence-corrected chi connectivity index (χ3v) is 6.22. The lowest BCUT2D eigenvalue weighted by Gasteiger charge is -2.18. The van der Waals surface area contributed by atoms with Gasteiger partial charge in [-0.2, -0.15) is 0 Å².